The monoisotopic (exact) mass is 234 g/mol. The highest BCUT2D eigenvalue weighted by Crippen LogP contribution is 2.28. The van der Waals surface area contributed by atoms with E-state index in [0.717, 1.165) is 36.2 Å². The number of amides is 1. The smallest absolute Gasteiger partial charge is 0.240 e. The van der Waals surface area contributed by atoms with E-state index in [0.29, 0.717) is 0 Å². The zero-order valence-corrected chi connectivity index (χ0v) is 10.0. The van der Waals surface area contributed by atoms with E-state index >= 15 is 0 Å². The van der Waals surface area contributed by atoms with E-state index in [1.54, 1.807) is 0 Å². The molecule has 1 aromatic rings. The molecule has 1 saturated heterocycles. The third-order valence-corrected chi connectivity index (χ3v) is 3.33. The van der Waals surface area contributed by atoms with E-state index in [9.17, 15) is 4.79 Å². The number of nitrogens with zero attached hydrogens (tertiary/aromatic N) is 1. The van der Waals surface area contributed by atoms with Crippen LogP contribution in [0.5, 0.6) is 0 Å². The molecule has 1 amide bonds. The summed E-state index contributed by atoms with van der Waals surface area (Å²) < 4.78 is 0. The normalized spacial score (nSPS) is 19.6. The third kappa shape index (κ3) is 2.26. The predicted molar refractivity (Wildman–Crippen MR) is 66.7 cm³/mol. The van der Waals surface area contributed by atoms with Crippen LogP contribution in [0.15, 0.2) is 18.2 Å². The molecule has 17 heavy (non-hydrogen) atoms. The molecule has 1 atom stereocenters. The molecule has 1 aliphatic rings. The quantitative estimate of drug-likeness (QED) is 0.818. The van der Waals surface area contributed by atoms with E-state index in [-0.39, 0.29) is 18.6 Å². The molecule has 92 valence electrons. The number of aliphatic hydroxyl groups excluding tert-OH is 1. The number of rotatable bonds is 3. The van der Waals surface area contributed by atoms with Crippen LogP contribution in [0.1, 0.15) is 24.0 Å². The van der Waals surface area contributed by atoms with E-state index < -0.39 is 0 Å². The molecule has 1 aromatic carbocycles. The molecule has 0 aliphatic carbocycles. The maximum Gasteiger partial charge on any atom is 0.240 e. The van der Waals surface area contributed by atoms with Crippen LogP contribution in [0.25, 0.3) is 0 Å². The summed E-state index contributed by atoms with van der Waals surface area (Å²) in [6, 6.07) is 5.61. The van der Waals surface area contributed by atoms with Crippen molar-refractivity contribution >= 4 is 11.6 Å². The molecule has 1 aliphatic heterocycles. The Bertz CT molecular complexity index is 431. The van der Waals surface area contributed by atoms with Crippen molar-refractivity contribution in [2.24, 2.45) is 5.73 Å². The van der Waals surface area contributed by atoms with Crippen molar-refractivity contribution in [2.75, 3.05) is 11.4 Å². The van der Waals surface area contributed by atoms with Crippen LogP contribution >= 0.6 is 0 Å². The van der Waals surface area contributed by atoms with Crippen LogP contribution < -0.4 is 10.6 Å². The Morgan fingerprint density at radius 2 is 2.35 bits per heavy atom. The van der Waals surface area contributed by atoms with Gasteiger partial charge in [-0.3, -0.25) is 4.79 Å². The number of carbonyl (C=O) groups excluding carboxylic acids is 1. The van der Waals surface area contributed by atoms with Gasteiger partial charge in [-0.1, -0.05) is 12.1 Å². The van der Waals surface area contributed by atoms with Crippen LogP contribution in [-0.4, -0.2) is 23.6 Å². The molecule has 0 aromatic heterocycles. The van der Waals surface area contributed by atoms with E-state index in [1.165, 1.54) is 0 Å². The summed E-state index contributed by atoms with van der Waals surface area (Å²) in [4.78, 5) is 13.4. The highest BCUT2D eigenvalue weighted by Gasteiger charge is 2.29. The van der Waals surface area contributed by atoms with Gasteiger partial charge in [-0.25, -0.2) is 0 Å². The van der Waals surface area contributed by atoms with E-state index in [2.05, 4.69) is 4.90 Å². The van der Waals surface area contributed by atoms with Crippen LogP contribution in [0, 0.1) is 6.92 Å². The second-order valence-electron chi connectivity index (χ2n) is 4.53. The van der Waals surface area contributed by atoms with Crippen molar-refractivity contribution in [3.63, 3.8) is 0 Å². The van der Waals surface area contributed by atoms with Crippen LogP contribution in [0.2, 0.25) is 0 Å². The average Bonchev–Trinajstić information content (AvgIpc) is 2.77. The summed E-state index contributed by atoms with van der Waals surface area (Å²) in [5.74, 6) is -0.256. The highest BCUT2D eigenvalue weighted by atomic mass is 16.3. The first-order valence-corrected chi connectivity index (χ1v) is 5.90. The largest absolute Gasteiger partial charge is 0.392 e. The summed E-state index contributed by atoms with van der Waals surface area (Å²) in [6.07, 6.45) is 1.82. The van der Waals surface area contributed by atoms with Gasteiger partial charge >= 0.3 is 0 Å². The lowest BCUT2D eigenvalue weighted by atomic mass is 10.1. The Labute approximate surface area is 101 Å². The molecule has 0 spiro atoms. The summed E-state index contributed by atoms with van der Waals surface area (Å²) in [6.45, 7) is 2.90. The Kier molecular flexibility index (Phi) is 3.33. The van der Waals surface area contributed by atoms with Crippen molar-refractivity contribution in [1.29, 1.82) is 0 Å². The van der Waals surface area contributed by atoms with Gasteiger partial charge in [0, 0.05) is 12.2 Å². The van der Waals surface area contributed by atoms with Crippen molar-refractivity contribution in [3.05, 3.63) is 29.3 Å². The minimum absolute atomic E-state index is 0.0420. The van der Waals surface area contributed by atoms with Crippen molar-refractivity contribution in [1.82, 2.24) is 0 Å². The maximum atomic E-state index is 11.4. The Morgan fingerprint density at radius 1 is 1.59 bits per heavy atom. The lowest BCUT2D eigenvalue weighted by Crippen LogP contribution is -2.40. The average molecular weight is 234 g/mol. The fourth-order valence-electron chi connectivity index (χ4n) is 2.49. The van der Waals surface area contributed by atoms with Crippen molar-refractivity contribution < 1.29 is 9.90 Å². The second-order valence-corrected chi connectivity index (χ2v) is 4.53. The molecule has 1 unspecified atom stereocenters. The Hall–Kier alpha value is -1.55. The number of aryl methyl sites for hydroxylation is 1. The minimum Gasteiger partial charge on any atom is -0.392 e. The molecule has 1 fully saturated rings. The molecular formula is C13H18N2O2. The van der Waals surface area contributed by atoms with Crippen LogP contribution in [0.4, 0.5) is 5.69 Å². The molecule has 0 bridgehead atoms. The van der Waals surface area contributed by atoms with Gasteiger partial charge in [0.25, 0.3) is 0 Å². The molecule has 4 heteroatoms. The van der Waals surface area contributed by atoms with Gasteiger partial charge in [-0.2, -0.15) is 0 Å². The number of hydrogen-bond donors (Lipinski definition) is 2. The zero-order valence-electron chi connectivity index (χ0n) is 10.0. The van der Waals surface area contributed by atoms with Crippen LogP contribution in [-0.2, 0) is 11.4 Å². The molecular weight excluding hydrogens is 216 g/mol. The molecule has 3 N–H and O–H groups in total. The molecule has 0 radical (unpaired) electrons. The number of anilines is 1. The van der Waals surface area contributed by atoms with E-state index in [1.807, 2.05) is 25.1 Å². The molecule has 2 rings (SSSR count). The topological polar surface area (TPSA) is 66.6 Å². The number of hydrogen-bond acceptors (Lipinski definition) is 3. The van der Waals surface area contributed by atoms with Gasteiger partial charge in [0.15, 0.2) is 0 Å². The number of nitrogens with two attached hydrogens (primary N) is 1. The SMILES string of the molecule is Cc1cc(CO)ccc1N1CCCC1C(N)=O. The first-order valence-electron chi connectivity index (χ1n) is 5.90. The Morgan fingerprint density at radius 3 is 2.94 bits per heavy atom. The number of benzene rings is 1. The highest BCUT2D eigenvalue weighted by molar-refractivity contribution is 5.84. The molecule has 0 saturated carbocycles. The second kappa shape index (κ2) is 4.75. The van der Waals surface area contributed by atoms with Crippen molar-refractivity contribution in [2.45, 2.75) is 32.4 Å². The molecule has 1 heterocycles. The lowest BCUT2D eigenvalue weighted by molar-refractivity contribution is -0.119. The standard InChI is InChI=1S/C13H18N2O2/c1-9-7-10(8-16)4-5-11(9)15-6-2-3-12(15)13(14)17/h4-5,7,12,16H,2-3,6,8H2,1H3,(H2,14,17). The summed E-state index contributed by atoms with van der Waals surface area (Å²) in [5, 5.41) is 9.07. The number of primary amides is 1. The fourth-order valence-corrected chi connectivity index (χ4v) is 2.49. The number of aliphatic hydroxyl groups is 1. The zero-order chi connectivity index (χ0) is 12.4. The van der Waals surface area contributed by atoms with Gasteiger partial charge in [0.1, 0.15) is 6.04 Å². The van der Waals surface area contributed by atoms with Gasteiger partial charge in [0.2, 0.25) is 5.91 Å². The summed E-state index contributed by atoms with van der Waals surface area (Å²) in [7, 11) is 0. The maximum absolute atomic E-state index is 11.4. The molecule has 4 nitrogen and oxygen atoms in total. The van der Waals surface area contributed by atoms with Gasteiger partial charge in [-0.15, -0.1) is 0 Å². The van der Waals surface area contributed by atoms with Crippen molar-refractivity contribution in [3.8, 4) is 0 Å². The predicted octanol–water partition coefficient (Wildman–Crippen LogP) is 0.941. The third-order valence-electron chi connectivity index (χ3n) is 3.33. The summed E-state index contributed by atoms with van der Waals surface area (Å²) in [5.41, 5.74) is 8.42. The Balaban J connectivity index is 2.30. The van der Waals surface area contributed by atoms with Gasteiger partial charge < -0.3 is 15.7 Å². The summed E-state index contributed by atoms with van der Waals surface area (Å²) >= 11 is 0. The van der Waals surface area contributed by atoms with Gasteiger partial charge in [-0.05, 0) is 37.0 Å². The minimum atomic E-state index is -0.256. The number of carbonyl (C=O) groups is 1. The van der Waals surface area contributed by atoms with E-state index in [4.69, 9.17) is 10.8 Å². The van der Waals surface area contributed by atoms with Crippen LogP contribution in [0.3, 0.4) is 0 Å². The lowest BCUT2D eigenvalue weighted by Gasteiger charge is -2.26. The first kappa shape index (κ1) is 11.9. The van der Waals surface area contributed by atoms with Gasteiger partial charge in [0.05, 0.1) is 6.61 Å². The fraction of sp³-hybridized carbons (Fsp3) is 0.462. The first-order chi connectivity index (χ1) is 8.13.